The highest BCUT2D eigenvalue weighted by Gasteiger charge is 2.12. The van der Waals surface area contributed by atoms with Crippen molar-refractivity contribution >= 4 is 21.9 Å². The van der Waals surface area contributed by atoms with Crippen molar-refractivity contribution in [2.75, 3.05) is 0 Å². The summed E-state index contributed by atoms with van der Waals surface area (Å²) >= 11 is 3.32. The summed E-state index contributed by atoms with van der Waals surface area (Å²) in [5.74, 6) is -0.844. The van der Waals surface area contributed by atoms with E-state index < -0.39 is 5.97 Å². The molecule has 0 amide bonds. The van der Waals surface area contributed by atoms with Crippen molar-refractivity contribution in [2.45, 2.75) is 26.3 Å². The molecule has 0 atom stereocenters. The van der Waals surface area contributed by atoms with Gasteiger partial charge < -0.3 is 5.11 Å². The zero-order valence-electron chi connectivity index (χ0n) is 7.49. The molecular weight excluding hydrogens is 236 g/mol. The van der Waals surface area contributed by atoms with Crippen LogP contribution in [0.25, 0.3) is 0 Å². The quantitative estimate of drug-likeness (QED) is 0.886. The van der Waals surface area contributed by atoms with Crippen LogP contribution in [0.4, 0.5) is 0 Å². The number of aromatic nitrogens is 2. The Kier molecular flexibility index (Phi) is 3.08. The molecule has 0 aliphatic heterocycles. The van der Waals surface area contributed by atoms with E-state index in [2.05, 4.69) is 21.0 Å². The first-order chi connectivity index (χ1) is 6.02. The molecule has 4 nitrogen and oxygen atoms in total. The van der Waals surface area contributed by atoms with Gasteiger partial charge in [0.15, 0.2) is 0 Å². The first-order valence-corrected chi connectivity index (χ1v) is 4.75. The van der Waals surface area contributed by atoms with E-state index in [1.165, 1.54) is 0 Å². The molecule has 0 unspecified atom stereocenters. The van der Waals surface area contributed by atoms with Crippen molar-refractivity contribution in [1.29, 1.82) is 0 Å². The van der Waals surface area contributed by atoms with Crippen molar-refractivity contribution in [1.82, 2.24) is 9.78 Å². The van der Waals surface area contributed by atoms with E-state index >= 15 is 0 Å². The van der Waals surface area contributed by atoms with Crippen LogP contribution in [0.5, 0.6) is 0 Å². The second-order valence-electron chi connectivity index (χ2n) is 3.07. The molecule has 0 aromatic carbocycles. The molecule has 0 fully saturated rings. The lowest BCUT2D eigenvalue weighted by atomic mass is 10.2. The molecule has 1 rings (SSSR count). The molecule has 72 valence electrons. The SMILES string of the molecule is CC(C)n1ncc(CC(=O)O)c1Br. The third-order valence-electron chi connectivity index (χ3n) is 1.63. The minimum absolute atomic E-state index is 0.00725. The largest absolute Gasteiger partial charge is 0.481 e. The molecule has 0 radical (unpaired) electrons. The first-order valence-electron chi connectivity index (χ1n) is 3.96. The highest BCUT2D eigenvalue weighted by atomic mass is 79.9. The Morgan fingerprint density at radius 2 is 2.38 bits per heavy atom. The minimum Gasteiger partial charge on any atom is -0.481 e. The molecule has 0 aliphatic rings. The van der Waals surface area contributed by atoms with Crippen molar-refractivity contribution in [3.05, 3.63) is 16.4 Å². The van der Waals surface area contributed by atoms with E-state index in [9.17, 15) is 4.79 Å². The summed E-state index contributed by atoms with van der Waals surface area (Å²) in [6.45, 7) is 3.98. The average molecular weight is 247 g/mol. The van der Waals surface area contributed by atoms with Gasteiger partial charge in [-0.1, -0.05) is 0 Å². The van der Waals surface area contributed by atoms with Crippen LogP contribution in [-0.2, 0) is 11.2 Å². The Bertz CT molecular complexity index is 320. The number of aliphatic carboxylic acids is 1. The zero-order chi connectivity index (χ0) is 10.0. The summed E-state index contributed by atoms with van der Waals surface area (Å²) < 4.78 is 2.50. The third-order valence-corrected chi connectivity index (χ3v) is 2.51. The molecule has 1 aromatic rings. The third kappa shape index (κ3) is 2.30. The van der Waals surface area contributed by atoms with E-state index in [0.29, 0.717) is 5.56 Å². The van der Waals surface area contributed by atoms with E-state index in [4.69, 9.17) is 5.11 Å². The summed E-state index contributed by atoms with van der Waals surface area (Å²) in [5, 5.41) is 12.7. The minimum atomic E-state index is -0.844. The summed E-state index contributed by atoms with van der Waals surface area (Å²) in [6, 6.07) is 0.233. The fourth-order valence-electron chi connectivity index (χ4n) is 1.02. The molecule has 1 N–H and O–H groups in total. The second-order valence-corrected chi connectivity index (χ2v) is 3.82. The lowest BCUT2D eigenvalue weighted by Crippen LogP contribution is -2.04. The van der Waals surface area contributed by atoms with Gasteiger partial charge in [0.2, 0.25) is 0 Å². The lowest BCUT2D eigenvalue weighted by Gasteiger charge is -2.06. The molecule has 0 saturated carbocycles. The van der Waals surface area contributed by atoms with Gasteiger partial charge in [-0.15, -0.1) is 0 Å². The van der Waals surface area contributed by atoms with Gasteiger partial charge >= 0.3 is 5.97 Å². The summed E-state index contributed by atoms with van der Waals surface area (Å²) in [4.78, 5) is 10.4. The van der Waals surface area contributed by atoms with Crippen molar-refractivity contribution in [3.8, 4) is 0 Å². The van der Waals surface area contributed by atoms with Gasteiger partial charge in [0.05, 0.1) is 12.6 Å². The topological polar surface area (TPSA) is 55.1 Å². The van der Waals surface area contributed by atoms with Crippen LogP contribution >= 0.6 is 15.9 Å². The zero-order valence-corrected chi connectivity index (χ0v) is 9.08. The van der Waals surface area contributed by atoms with Gasteiger partial charge in [-0.2, -0.15) is 5.10 Å². The van der Waals surface area contributed by atoms with Crippen molar-refractivity contribution in [3.63, 3.8) is 0 Å². The van der Waals surface area contributed by atoms with Crippen LogP contribution in [0.15, 0.2) is 10.8 Å². The molecular formula is C8H11BrN2O2. The summed E-state index contributed by atoms with van der Waals surface area (Å²) in [6.07, 6.45) is 1.59. The highest BCUT2D eigenvalue weighted by Crippen LogP contribution is 2.20. The number of carboxylic acid groups (broad SMARTS) is 1. The lowest BCUT2D eigenvalue weighted by molar-refractivity contribution is -0.136. The fourth-order valence-corrected chi connectivity index (χ4v) is 1.77. The first kappa shape index (κ1) is 10.2. The maximum atomic E-state index is 10.4. The van der Waals surface area contributed by atoms with E-state index in [-0.39, 0.29) is 12.5 Å². The van der Waals surface area contributed by atoms with Crippen LogP contribution in [0.2, 0.25) is 0 Å². The van der Waals surface area contributed by atoms with Gasteiger partial charge in [-0.3, -0.25) is 9.48 Å². The number of hydrogen-bond acceptors (Lipinski definition) is 2. The molecule has 0 saturated heterocycles. The van der Waals surface area contributed by atoms with E-state index in [0.717, 1.165) is 4.60 Å². The number of carboxylic acids is 1. The monoisotopic (exact) mass is 246 g/mol. The molecule has 1 heterocycles. The molecule has 1 aromatic heterocycles. The molecule has 0 bridgehead atoms. The van der Waals surface area contributed by atoms with Crippen molar-refractivity contribution < 1.29 is 9.90 Å². The number of nitrogens with zero attached hydrogens (tertiary/aromatic N) is 2. The summed E-state index contributed by atoms with van der Waals surface area (Å²) in [5.41, 5.74) is 0.709. The smallest absolute Gasteiger partial charge is 0.307 e. The van der Waals surface area contributed by atoms with Crippen LogP contribution in [0.3, 0.4) is 0 Å². The van der Waals surface area contributed by atoms with E-state index in [1.807, 2.05) is 13.8 Å². The predicted molar refractivity (Wildman–Crippen MR) is 51.7 cm³/mol. The standard InChI is InChI=1S/C8H11BrN2O2/c1-5(2)11-8(9)6(4-10-11)3-7(12)13/h4-5H,3H2,1-2H3,(H,12,13). The Balaban J connectivity index is 2.92. The Labute approximate surface area is 84.7 Å². The molecule has 5 heteroatoms. The molecule has 0 spiro atoms. The highest BCUT2D eigenvalue weighted by molar-refractivity contribution is 9.10. The number of hydrogen-bond donors (Lipinski definition) is 1. The van der Waals surface area contributed by atoms with E-state index in [1.54, 1.807) is 10.9 Å². The van der Waals surface area contributed by atoms with Gasteiger partial charge in [-0.25, -0.2) is 0 Å². The van der Waals surface area contributed by atoms with Crippen molar-refractivity contribution in [2.24, 2.45) is 0 Å². The maximum Gasteiger partial charge on any atom is 0.307 e. The second kappa shape index (κ2) is 3.91. The number of halogens is 1. The number of rotatable bonds is 3. The van der Waals surface area contributed by atoms with Crippen LogP contribution in [-0.4, -0.2) is 20.9 Å². The normalized spacial score (nSPS) is 10.8. The van der Waals surface area contributed by atoms with Gasteiger partial charge in [-0.05, 0) is 29.8 Å². The fraction of sp³-hybridized carbons (Fsp3) is 0.500. The van der Waals surface area contributed by atoms with Crippen LogP contribution < -0.4 is 0 Å². The molecule has 13 heavy (non-hydrogen) atoms. The maximum absolute atomic E-state index is 10.4. The Morgan fingerprint density at radius 1 is 1.77 bits per heavy atom. The predicted octanol–water partition coefficient (Wildman–Crippen LogP) is 1.85. The number of carbonyl (C=O) groups is 1. The van der Waals surface area contributed by atoms with Crippen LogP contribution in [0, 0.1) is 0 Å². The molecule has 0 aliphatic carbocycles. The van der Waals surface area contributed by atoms with Gasteiger partial charge in [0.1, 0.15) is 4.60 Å². The Morgan fingerprint density at radius 3 is 2.77 bits per heavy atom. The average Bonchev–Trinajstić information content (AvgIpc) is 2.32. The summed E-state index contributed by atoms with van der Waals surface area (Å²) in [7, 11) is 0. The van der Waals surface area contributed by atoms with Gasteiger partial charge in [0.25, 0.3) is 0 Å². The van der Waals surface area contributed by atoms with Crippen LogP contribution in [0.1, 0.15) is 25.5 Å². The van der Waals surface area contributed by atoms with Gasteiger partial charge in [0, 0.05) is 11.6 Å². The Hall–Kier alpha value is -0.840.